The van der Waals surface area contributed by atoms with Crippen LogP contribution in [0.2, 0.25) is 0 Å². The third-order valence-corrected chi connectivity index (χ3v) is 4.64. The Balaban J connectivity index is 2.30. The monoisotopic (exact) mass is 303 g/mol. The molecule has 6 heteroatoms. The zero-order valence-electron chi connectivity index (χ0n) is 13.4. The molecule has 0 aliphatic heterocycles. The van der Waals surface area contributed by atoms with E-state index in [1.165, 1.54) is 6.07 Å². The van der Waals surface area contributed by atoms with E-state index >= 15 is 0 Å². The van der Waals surface area contributed by atoms with Gasteiger partial charge in [0.25, 0.3) is 5.69 Å². The Morgan fingerprint density at radius 3 is 2.73 bits per heavy atom. The summed E-state index contributed by atoms with van der Waals surface area (Å²) in [5.74, 6) is 0. The van der Waals surface area contributed by atoms with Gasteiger partial charge in [0.1, 0.15) is 5.69 Å². The second-order valence-electron chi connectivity index (χ2n) is 6.20. The number of rotatable bonds is 5. The highest BCUT2D eigenvalue weighted by Crippen LogP contribution is 2.47. The van der Waals surface area contributed by atoms with Gasteiger partial charge < -0.3 is 9.64 Å². The minimum atomic E-state index is -0.432. The molecule has 2 atom stereocenters. The number of nitro benzene ring substituents is 1. The number of ether oxygens (including phenoxy) is 1. The molecular weight excluding hydrogens is 282 g/mol. The van der Waals surface area contributed by atoms with Gasteiger partial charge in [-0.15, -0.1) is 0 Å². The highest BCUT2D eigenvalue weighted by atomic mass is 16.6. The second kappa shape index (κ2) is 5.93. The fourth-order valence-corrected chi connectivity index (χ4v) is 3.21. The summed E-state index contributed by atoms with van der Waals surface area (Å²) in [5.41, 5.74) is 0.727. The van der Waals surface area contributed by atoms with Crippen molar-refractivity contribution in [2.75, 3.05) is 18.6 Å². The van der Waals surface area contributed by atoms with Gasteiger partial charge in [-0.3, -0.25) is 10.1 Å². The van der Waals surface area contributed by atoms with Gasteiger partial charge in [0.15, 0.2) is 0 Å². The normalized spacial score (nSPS) is 22.5. The molecule has 0 radical (unpaired) electrons. The van der Waals surface area contributed by atoms with E-state index in [9.17, 15) is 10.1 Å². The molecule has 6 nitrogen and oxygen atoms in total. The molecule has 1 aromatic rings. The van der Waals surface area contributed by atoms with E-state index < -0.39 is 4.92 Å². The van der Waals surface area contributed by atoms with Crippen molar-refractivity contribution in [1.82, 2.24) is 0 Å². The number of hydrogen-bond donors (Lipinski definition) is 0. The molecule has 1 aromatic carbocycles. The van der Waals surface area contributed by atoms with Gasteiger partial charge in [0, 0.05) is 31.2 Å². The van der Waals surface area contributed by atoms with Gasteiger partial charge in [0.2, 0.25) is 0 Å². The molecule has 1 fully saturated rings. The van der Waals surface area contributed by atoms with Crippen LogP contribution in [0, 0.1) is 26.9 Å². The Morgan fingerprint density at radius 1 is 1.55 bits per heavy atom. The number of nitro groups is 1. The van der Waals surface area contributed by atoms with Gasteiger partial charge >= 0.3 is 0 Å². The van der Waals surface area contributed by atoms with Crippen molar-refractivity contribution < 1.29 is 9.66 Å². The fraction of sp³-hybridized carbons (Fsp3) is 0.562. The molecule has 118 valence electrons. The van der Waals surface area contributed by atoms with E-state index in [4.69, 9.17) is 10.00 Å². The van der Waals surface area contributed by atoms with Crippen LogP contribution in [0.25, 0.3) is 0 Å². The van der Waals surface area contributed by atoms with Gasteiger partial charge in [-0.25, -0.2) is 0 Å². The predicted octanol–water partition coefficient (Wildman–Crippen LogP) is 3.11. The quantitative estimate of drug-likeness (QED) is 0.617. The molecule has 0 bridgehead atoms. The highest BCUT2D eigenvalue weighted by Gasteiger charge is 2.51. The maximum absolute atomic E-state index is 11.3. The number of benzene rings is 1. The standard InChI is InChI=1S/C16H21N3O3/c1-5-22-15-9-14(16(15,2)3)18(4)12-7-6-11(10-17)8-13(12)19(20)21/h6-8,14-15H,5,9H2,1-4H3. The summed E-state index contributed by atoms with van der Waals surface area (Å²) in [7, 11) is 1.86. The van der Waals surface area contributed by atoms with Crippen LogP contribution in [0.3, 0.4) is 0 Å². The Bertz CT molecular complexity index is 622. The minimum Gasteiger partial charge on any atom is -0.378 e. The second-order valence-corrected chi connectivity index (χ2v) is 6.20. The predicted molar refractivity (Wildman–Crippen MR) is 83.8 cm³/mol. The van der Waals surface area contributed by atoms with Crippen LogP contribution in [-0.4, -0.2) is 30.7 Å². The fourth-order valence-electron chi connectivity index (χ4n) is 3.21. The summed E-state index contributed by atoms with van der Waals surface area (Å²) in [5, 5.41) is 20.2. The van der Waals surface area contributed by atoms with Gasteiger partial charge in [-0.05, 0) is 25.5 Å². The van der Waals surface area contributed by atoms with E-state index in [2.05, 4.69) is 13.8 Å². The van der Waals surface area contributed by atoms with Crippen molar-refractivity contribution in [2.24, 2.45) is 5.41 Å². The zero-order valence-corrected chi connectivity index (χ0v) is 13.4. The van der Waals surface area contributed by atoms with Crippen molar-refractivity contribution in [3.8, 4) is 6.07 Å². The van der Waals surface area contributed by atoms with Crippen LogP contribution in [-0.2, 0) is 4.74 Å². The molecular formula is C16H21N3O3. The van der Waals surface area contributed by atoms with Crippen molar-refractivity contribution >= 4 is 11.4 Å². The van der Waals surface area contributed by atoms with E-state index in [0.29, 0.717) is 17.9 Å². The Morgan fingerprint density at radius 2 is 2.23 bits per heavy atom. The topological polar surface area (TPSA) is 79.4 Å². The van der Waals surface area contributed by atoms with Crippen molar-refractivity contribution in [1.29, 1.82) is 5.26 Å². The molecule has 1 aliphatic rings. The van der Waals surface area contributed by atoms with Crippen LogP contribution < -0.4 is 4.90 Å². The Kier molecular flexibility index (Phi) is 4.38. The lowest BCUT2D eigenvalue weighted by Crippen LogP contribution is -2.61. The maximum Gasteiger partial charge on any atom is 0.293 e. The van der Waals surface area contributed by atoms with Crippen LogP contribution >= 0.6 is 0 Å². The van der Waals surface area contributed by atoms with E-state index in [-0.39, 0.29) is 23.2 Å². The summed E-state index contributed by atoms with van der Waals surface area (Å²) in [6, 6.07) is 6.71. The number of nitriles is 1. The van der Waals surface area contributed by atoms with Gasteiger partial charge in [-0.1, -0.05) is 13.8 Å². The molecule has 1 aliphatic carbocycles. The molecule has 2 rings (SSSR count). The number of nitrogens with zero attached hydrogens (tertiary/aromatic N) is 3. The zero-order chi connectivity index (χ0) is 16.5. The molecule has 0 N–H and O–H groups in total. The average molecular weight is 303 g/mol. The summed E-state index contributed by atoms with van der Waals surface area (Å²) in [6.45, 7) is 6.88. The first-order chi connectivity index (χ1) is 10.3. The third-order valence-electron chi connectivity index (χ3n) is 4.64. The van der Waals surface area contributed by atoms with Gasteiger partial charge in [0.05, 0.1) is 22.7 Å². The van der Waals surface area contributed by atoms with E-state index in [1.807, 2.05) is 24.9 Å². The van der Waals surface area contributed by atoms with Crippen molar-refractivity contribution in [3.05, 3.63) is 33.9 Å². The molecule has 0 amide bonds. The summed E-state index contributed by atoms with van der Waals surface area (Å²) in [6.07, 6.45) is 1.01. The summed E-state index contributed by atoms with van der Waals surface area (Å²) >= 11 is 0. The molecule has 0 aromatic heterocycles. The van der Waals surface area contributed by atoms with Gasteiger partial charge in [-0.2, -0.15) is 5.26 Å². The first-order valence-electron chi connectivity index (χ1n) is 7.35. The first kappa shape index (κ1) is 16.2. The molecule has 0 spiro atoms. The maximum atomic E-state index is 11.3. The molecule has 0 saturated heterocycles. The van der Waals surface area contributed by atoms with E-state index in [0.717, 1.165) is 6.42 Å². The van der Waals surface area contributed by atoms with Crippen LogP contribution in [0.5, 0.6) is 0 Å². The SMILES string of the molecule is CCOC1CC(N(C)c2ccc(C#N)cc2[N+](=O)[O-])C1(C)C. The van der Waals surface area contributed by atoms with E-state index in [1.54, 1.807) is 12.1 Å². The molecule has 0 heterocycles. The number of anilines is 1. The van der Waals surface area contributed by atoms with Crippen LogP contribution in [0.4, 0.5) is 11.4 Å². The highest BCUT2D eigenvalue weighted by molar-refractivity contribution is 5.66. The lowest BCUT2D eigenvalue weighted by atomic mass is 9.63. The molecule has 2 unspecified atom stereocenters. The molecule has 22 heavy (non-hydrogen) atoms. The van der Waals surface area contributed by atoms with Crippen molar-refractivity contribution in [3.63, 3.8) is 0 Å². The lowest BCUT2D eigenvalue weighted by molar-refractivity contribution is -0.384. The van der Waals surface area contributed by atoms with Crippen molar-refractivity contribution in [2.45, 2.75) is 39.3 Å². The van der Waals surface area contributed by atoms with Crippen LogP contribution in [0.1, 0.15) is 32.8 Å². The smallest absolute Gasteiger partial charge is 0.293 e. The van der Waals surface area contributed by atoms with Crippen LogP contribution in [0.15, 0.2) is 18.2 Å². The first-order valence-corrected chi connectivity index (χ1v) is 7.35. The molecule has 1 saturated carbocycles. The number of hydrogen-bond acceptors (Lipinski definition) is 5. The third kappa shape index (κ3) is 2.64. The summed E-state index contributed by atoms with van der Waals surface area (Å²) in [4.78, 5) is 12.8. The minimum absolute atomic E-state index is 0.0304. The Hall–Kier alpha value is -2.13. The Labute approximate surface area is 130 Å². The average Bonchev–Trinajstić information content (AvgIpc) is 2.49. The largest absolute Gasteiger partial charge is 0.378 e. The lowest BCUT2D eigenvalue weighted by Gasteiger charge is -2.55. The summed E-state index contributed by atoms with van der Waals surface area (Å²) < 4.78 is 5.72.